The highest BCUT2D eigenvalue weighted by Crippen LogP contribution is 2.18. The minimum Gasteiger partial charge on any atom is -0.511 e. The molecule has 1 aliphatic carbocycles. The fourth-order valence-corrected chi connectivity index (χ4v) is 2.09. The maximum atomic E-state index is 12.3. The number of hydrogen-bond acceptors (Lipinski definition) is 4. The summed E-state index contributed by atoms with van der Waals surface area (Å²) in [6.45, 7) is 3.12. The van der Waals surface area contributed by atoms with Crippen molar-refractivity contribution in [3.8, 4) is 0 Å². The zero-order chi connectivity index (χ0) is 13.1. The third-order valence-electron chi connectivity index (χ3n) is 3.28. The van der Waals surface area contributed by atoms with Crippen LogP contribution in [0.25, 0.3) is 0 Å². The van der Waals surface area contributed by atoms with E-state index in [2.05, 4.69) is 4.90 Å². The normalized spacial score (nSPS) is 21.8. The lowest BCUT2D eigenvalue weighted by molar-refractivity contribution is -0.128. The highest BCUT2D eigenvalue weighted by molar-refractivity contribution is 5.97. The number of carbonyl (C=O) groups excluding carboxylic acids is 1. The minimum absolute atomic E-state index is 0.0569. The average Bonchev–Trinajstić information content (AvgIpc) is 2.50. The number of hydrogen-bond donors (Lipinski definition) is 2. The highest BCUT2D eigenvalue weighted by Gasteiger charge is 2.23. The van der Waals surface area contributed by atoms with Crippen molar-refractivity contribution in [2.24, 2.45) is 5.73 Å². The molecule has 0 aromatic carbocycles. The third kappa shape index (κ3) is 2.73. The zero-order valence-electron chi connectivity index (χ0n) is 10.6. The van der Waals surface area contributed by atoms with Crippen molar-refractivity contribution in [3.05, 3.63) is 35.3 Å². The van der Waals surface area contributed by atoms with E-state index in [4.69, 9.17) is 5.73 Å². The number of nitrogens with zero attached hydrogens (tertiary/aromatic N) is 2. The largest absolute Gasteiger partial charge is 0.511 e. The Kier molecular flexibility index (Phi) is 3.72. The van der Waals surface area contributed by atoms with Crippen LogP contribution in [0.4, 0.5) is 0 Å². The van der Waals surface area contributed by atoms with Crippen molar-refractivity contribution in [1.29, 1.82) is 0 Å². The lowest BCUT2D eigenvalue weighted by Gasteiger charge is -2.32. The molecule has 1 saturated heterocycles. The van der Waals surface area contributed by atoms with Crippen molar-refractivity contribution in [2.45, 2.75) is 6.42 Å². The van der Waals surface area contributed by atoms with Gasteiger partial charge in [-0.15, -0.1) is 0 Å². The standard InChI is InChI=1S/C13H19N3O2/c1-15-5-7-16(8-6-15)13(18)11-4-2-3-10(14)9-12(11)17/h2-4,17H,5-9,14H2,1H3. The third-order valence-corrected chi connectivity index (χ3v) is 3.28. The first-order valence-corrected chi connectivity index (χ1v) is 6.10. The predicted molar refractivity (Wildman–Crippen MR) is 69.8 cm³/mol. The van der Waals surface area contributed by atoms with Gasteiger partial charge in [0.1, 0.15) is 5.76 Å². The molecule has 1 heterocycles. The molecule has 2 rings (SSSR count). The highest BCUT2D eigenvalue weighted by atomic mass is 16.3. The Morgan fingerprint density at radius 2 is 2.00 bits per heavy atom. The van der Waals surface area contributed by atoms with Gasteiger partial charge in [0.25, 0.3) is 5.91 Å². The summed E-state index contributed by atoms with van der Waals surface area (Å²) in [6, 6.07) is 0. The van der Waals surface area contributed by atoms with E-state index < -0.39 is 0 Å². The molecule has 0 bridgehead atoms. The van der Waals surface area contributed by atoms with Crippen LogP contribution in [0.3, 0.4) is 0 Å². The van der Waals surface area contributed by atoms with Crippen LogP contribution in [0.1, 0.15) is 6.42 Å². The van der Waals surface area contributed by atoms with Gasteiger partial charge in [0, 0.05) is 38.3 Å². The SMILES string of the molecule is CN1CCN(C(=O)C2=C(O)CC(N)=CC=C2)CC1. The number of allylic oxidation sites excluding steroid dienone is 2. The van der Waals surface area contributed by atoms with Crippen LogP contribution in [0.15, 0.2) is 35.3 Å². The molecule has 0 aromatic rings. The van der Waals surface area contributed by atoms with Crippen LogP contribution >= 0.6 is 0 Å². The van der Waals surface area contributed by atoms with Gasteiger partial charge in [-0.3, -0.25) is 4.79 Å². The molecule has 98 valence electrons. The number of nitrogens with two attached hydrogens (primary N) is 1. The Bertz CT molecular complexity index is 430. The molecule has 5 heteroatoms. The van der Waals surface area contributed by atoms with Gasteiger partial charge in [-0.25, -0.2) is 0 Å². The van der Waals surface area contributed by atoms with Crippen LogP contribution < -0.4 is 5.73 Å². The zero-order valence-corrected chi connectivity index (χ0v) is 10.6. The quantitative estimate of drug-likeness (QED) is 0.704. The van der Waals surface area contributed by atoms with Crippen molar-refractivity contribution in [3.63, 3.8) is 0 Å². The van der Waals surface area contributed by atoms with E-state index in [1.165, 1.54) is 0 Å². The average molecular weight is 249 g/mol. The van der Waals surface area contributed by atoms with E-state index in [1.54, 1.807) is 23.1 Å². The van der Waals surface area contributed by atoms with Gasteiger partial charge in [0.2, 0.25) is 0 Å². The van der Waals surface area contributed by atoms with Gasteiger partial charge in [0.15, 0.2) is 0 Å². The summed E-state index contributed by atoms with van der Waals surface area (Å²) < 4.78 is 0. The Morgan fingerprint density at radius 1 is 1.33 bits per heavy atom. The second kappa shape index (κ2) is 5.27. The molecule has 0 atom stereocenters. The van der Waals surface area contributed by atoms with Crippen molar-refractivity contribution >= 4 is 5.91 Å². The predicted octanol–water partition coefficient (Wildman–Crippen LogP) is 0.375. The molecule has 1 aliphatic heterocycles. The Labute approximate surface area is 107 Å². The summed E-state index contributed by atoms with van der Waals surface area (Å²) in [5, 5.41) is 9.92. The second-order valence-corrected chi connectivity index (χ2v) is 4.73. The van der Waals surface area contributed by atoms with Gasteiger partial charge in [-0.1, -0.05) is 6.08 Å². The van der Waals surface area contributed by atoms with E-state index in [1.807, 2.05) is 7.05 Å². The summed E-state index contributed by atoms with van der Waals surface area (Å²) in [5.74, 6) is -0.0543. The van der Waals surface area contributed by atoms with Gasteiger partial charge < -0.3 is 20.6 Å². The maximum absolute atomic E-state index is 12.3. The minimum atomic E-state index is -0.111. The van der Waals surface area contributed by atoms with Gasteiger partial charge in [-0.2, -0.15) is 0 Å². The Balaban J connectivity index is 2.11. The molecular weight excluding hydrogens is 230 g/mol. The van der Waals surface area contributed by atoms with E-state index in [0.717, 1.165) is 13.1 Å². The van der Waals surface area contributed by atoms with Crippen LogP contribution in [-0.2, 0) is 4.79 Å². The molecule has 1 fully saturated rings. The molecule has 2 aliphatic rings. The fraction of sp³-hybridized carbons (Fsp3) is 0.462. The van der Waals surface area contributed by atoms with Crippen molar-refractivity contribution in [1.82, 2.24) is 9.80 Å². The fourth-order valence-electron chi connectivity index (χ4n) is 2.09. The monoisotopic (exact) mass is 249 g/mol. The first-order valence-electron chi connectivity index (χ1n) is 6.10. The number of amides is 1. The second-order valence-electron chi connectivity index (χ2n) is 4.73. The topological polar surface area (TPSA) is 69.8 Å². The van der Waals surface area contributed by atoms with Gasteiger partial charge in [0.05, 0.1) is 5.57 Å². The molecule has 0 radical (unpaired) electrons. The summed E-state index contributed by atoms with van der Waals surface area (Å²) in [6.07, 6.45) is 5.29. The van der Waals surface area contributed by atoms with Crippen LogP contribution in [-0.4, -0.2) is 54.0 Å². The van der Waals surface area contributed by atoms with Crippen molar-refractivity contribution < 1.29 is 9.90 Å². The van der Waals surface area contributed by atoms with Gasteiger partial charge in [-0.05, 0) is 19.2 Å². The van der Waals surface area contributed by atoms with E-state index in [0.29, 0.717) is 24.4 Å². The first-order chi connectivity index (χ1) is 8.58. The summed E-state index contributed by atoms with van der Waals surface area (Å²) >= 11 is 0. The van der Waals surface area contributed by atoms with Gasteiger partial charge >= 0.3 is 0 Å². The van der Waals surface area contributed by atoms with E-state index >= 15 is 0 Å². The Hall–Kier alpha value is -1.75. The smallest absolute Gasteiger partial charge is 0.257 e. The van der Waals surface area contributed by atoms with E-state index in [-0.39, 0.29) is 18.1 Å². The number of piperazine rings is 1. The molecule has 18 heavy (non-hydrogen) atoms. The molecule has 3 N–H and O–H groups in total. The number of rotatable bonds is 1. The maximum Gasteiger partial charge on any atom is 0.257 e. The van der Waals surface area contributed by atoms with Crippen LogP contribution in [0, 0.1) is 0 Å². The van der Waals surface area contributed by atoms with Crippen molar-refractivity contribution in [2.75, 3.05) is 33.2 Å². The number of carbonyl (C=O) groups is 1. The molecule has 5 nitrogen and oxygen atoms in total. The molecule has 0 aromatic heterocycles. The number of aliphatic hydroxyl groups excluding tert-OH is 1. The first kappa shape index (κ1) is 12.7. The number of likely N-dealkylation sites (N-methyl/N-ethyl adjacent to an activating group) is 1. The molecule has 0 saturated carbocycles. The lowest BCUT2D eigenvalue weighted by atomic mass is 10.1. The Morgan fingerprint density at radius 3 is 2.67 bits per heavy atom. The molecule has 1 amide bonds. The van der Waals surface area contributed by atoms with Crippen LogP contribution in [0.2, 0.25) is 0 Å². The summed E-state index contributed by atoms with van der Waals surface area (Å²) in [5.41, 5.74) is 6.59. The van der Waals surface area contributed by atoms with Crippen LogP contribution in [0.5, 0.6) is 0 Å². The summed E-state index contributed by atoms with van der Waals surface area (Å²) in [4.78, 5) is 16.3. The molecular formula is C13H19N3O2. The summed E-state index contributed by atoms with van der Waals surface area (Å²) in [7, 11) is 2.04. The molecule has 0 unspecified atom stereocenters. The molecule has 0 spiro atoms. The lowest BCUT2D eigenvalue weighted by Crippen LogP contribution is -2.47. The number of aliphatic hydroxyl groups is 1. The van der Waals surface area contributed by atoms with E-state index in [9.17, 15) is 9.90 Å².